The van der Waals surface area contributed by atoms with Crippen molar-refractivity contribution in [2.24, 2.45) is 5.10 Å². The molecule has 26 heavy (non-hydrogen) atoms. The summed E-state index contributed by atoms with van der Waals surface area (Å²) in [4.78, 5) is 12.3. The molecule has 0 aromatic heterocycles. The summed E-state index contributed by atoms with van der Waals surface area (Å²) in [5.74, 6) is 0.0861. The maximum Gasteiger partial charge on any atom is 0.343 e. The van der Waals surface area contributed by atoms with Gasteiger partial charge >= 0.3 is 6.03 Å². The van der Waals surface area contributed by atoms with Crippen LogP contribution in [0.3, 0.4) is 0 Å². The average molecular weight is 397 g/mol. The molecule has 0 bridgehead atoms. The number of phenolic OH excluding ortho intramolecular Hbond substituents is 1. The number of unbranched alkanes of at least 4 members (excludes halogenated alkanes) is 1. The average Bonchev–Trinajstić information content (AvgIpc) is 2.81. The van der Waals surface area contributed by atoms with Crippen LogP contribution < -0.4 is 5.32 Å². The zero-order valence-corrected chi connectivity index (χ0v) is 16.7. The van der Waals surface area contributed by atoms with E-state index in [1.54, 1.807) is 24.3 Å². The zero-order chi connectivity index (χ0) is 19.3. The first kappa shape index (κ1) is 20.5. The van der Waals surface area contributed by atoms with Crippen molar-refractivity contribution in [1.29, 1.82) is 0 Å². The Hall–Kier alpha value is -1.84. The highest BCUT2D eigenvalue weighted by atomic mass is 32.2. The molecule has 9 heteroatoms. The Kier molecular flexibility index (Phi) is 6.85. The van der Waals surface area contributed by atoms with Crippen LogP contribution in [0.5, 0.6) is 5.75 Å². The number of benzene rings is 1. The van der Waals surface area contributed by atoms with Crippen LogP contribution in [-0.4, -0.2) is 54.4 Å². The summed E-state index contributed by atoms with van der Waals surface area (Å²) in [6.45, 7) is 6.27. The van der Waals surface area contributed by atoms with E-state index in [0.29, 0.717) is 21.5 Å². The predicted molar refractivity (Wildman–Crippen MR) is 108 cm³/mol. The Morgan fingerprint density at radius 3 is 2.85 bits per heavy atom. The highest BCUT2D eigenvalue weighted by molar-refractivity contribution is 8.24. The molecule has 0 spiro atoms. The molecule has 0 saturated carbocycles. The summed E-state index contributed by atoms with van der Waals surface area (Å²) in [7, 11) is 0. The van der Waals surface area contributed by atoms with E-state index in [1.165, 1.54) is 23.0 Å². The predicted octanol–water partition coefficient (Wildman–Crippen LogP) is 3.37. The minimum Gasteiger partial charge on any atom is -0.507 e. The first-order valence-electron chi connectivity index (χ1n) is 8.38. The van der Waals surface area contributed by atoms with Crippen molar-refractivity contribution < 1.29 is 15.1 Å². The van der Waals surface area contributed by atoms with Crippen molar-refractivity contribution >= 4 is 40.5 Å². The number of carbonyl (C=O) groups excluding carboxylic acids is 1. The summed E-state index contributed by atoms with van der Waals surface area (Å²) >= 11 is 6.72. The number of urea groups is 1. The summed E-state index contributed by atoms with van der Waals surface area (Å²) in [5.41, 5.74) is 0.514. The molecule has 2 amide bonds. The van der Waals surface area contributed by atoms with E-state index in [9.17, 15) is 15.1 Å². The van der Waals surface area contributed by atoms with E-state index in [0.717, 1.165) is 12.8 Å². The second kappa shape index (κ2) is 8.70. The lowest BCUT2D eigenvalue weighted by Gasteiger charge is -2.34. The van der Waals surface area contributed by atoms with Gasteiger partial charge in [-0.25, -0.2) is 9.80 Å². The molecule has 3 N–H and O–H groups in total. The Labute approximate surface area is 163 Å². The summed E-state index contributed by atoms with van der Waals surface area (Å²) in [5, 5.41) is 29.4. The number of nitrogens with one attached hydrogen (secondary N) is 1. The lowest BCUT2D eigenvalue weighted by atomic mass is 10.1. The second-order valence-electron chi connectivity index (χ2n) is 6.42. The minimum atomic E-state index is -0.774. The molecule has 1 heterocycles. The topological polar surface area (TPSA) is 88.4 Å². The van der Waals surface area contributed by atoms with Crippen molar-refractivity contribution in [3.8, 4) is 5.75 Å². The van der Waals surface area contributed by atoms with E-state index in [1.807, 2.05) is 20.8 Å². The first-order valence-corrected chi connectivity index (χ1v) is 9.60. The molecule has 142 valence electrons. The number of aromatic hydroxyl groups is 1. The van der Waals surface area contributed by atoms with Crippen molar-refractivity contribution in [1.82, 2.24) is 15.4 Å². The van der Waals surface area contributed by atoms with Gasteiger partial charge in [0.15, 0.2) is 10.5 Å². The van der Waals surface area contributed by atoms with Gasteiger partial charge in [-0.3, -0.25) is 5.21 Å². The van der Waals surface area contributed by atoms with E-state index in [4.69, 9.17) is 12.2 Å². The van der Waals surface area contributed by atoms with Gasteiger partial charge in [-0.2, -0.15) is 10.2 Å². The van der Waals surface area contributed by atoms with Crippen LogP contribution in [0.15, 0.2) is 29.4 Å². The number of amides is 2. The summed E-state index contributed by atoms with van der Waals surface area (Å²) < 4.78 is -0.128. The van der Waals surface area contributed by atoms with Crippen molar-refractivity contribution in [2.75, 3.05) is 6.54 Å². The van der Waals surface area contributed by atoms with Gasteiger partial charge < -0.3 is 10.4 Å². The largest absolute Gasteiger partial charge is 0.507 e. The van der Waals surface area contributed by atoms with E-state index >= 15 is 0 Å². The summed E-state index contributed by atoms with van der Waals surface area (Å²) in [6, 6.07) is 6.16. The van der Waals surface area contributed by atoms with Gasteiger partial charge in [0, 0.05) is 12.1 Å². The van der Waals surface area contributed by atoms with Gasteiger partial charge in [0.1, 0.15) is 5.75 Å². The van der Waals surface area contributed by atoms with Crippen molar-refractivity contribution in [3.63, 3.8) is 0 Å². The molecule has 2 rings (SSSR count). The van der Waals surface area contributed by atoms with Gasteiger partial charge in [-0.05, 0) is 32.4 Å². The van der Waals surface area contributed by atoms with Crippen LogP contribution in [0, 0.1) is 0 Å². The van der Waals surface area contributed by atoms with Gasteiger partial charge in [-0.1, -0.05) is 49.5 Å². The number of thioether (sulfide) groups is 1. The Balaban J connectivity index is 2.21. The lowest BCUT2D eigenvalue weighted by Crippen LogP contribution is -2.55. The Morgan fingerprint density at radius 1 is 1.50 bits per heavy atom. The van der Waals surface area contributed by atoms with Crippen LogP contribution in [0.2, 0.25) is 0 Å². The zero-order valence-electron chi connectivity index (χ0n) is 15.0. The number of carbonyl (C=O) groups is 1. The molecule has 1 atom stereocenters. The molecule has 1 aliphatic heterocycles. The summed E-state index contributed by atoms with van der Waals surface area (Å²) in [6.07, 6.45) is 2.45. The maximum atomic E-state index is 12.3. The quantitative estimate of drug-likeness (QED) is 0.225. The van der Waals surface area contributed by atoms with Crippen LogP contribution >= 0.6 is 24.0 Å². The lowest BCUT2D eigenvalue weighted by molar-refractivity contribution is -0.118. The van der Waals surface area contributed by atoms with Crippen LogP contribution in [0.4, 0.5) is 4.79 Å². The molecule has 7 nitrogen and oxygen atoms in total. The number of hydrazone groups is 1. The normalized spacial score (nSPS) is 19.2. The number of phenols is 1. The van der Waals surface area contributed by atoms with Gasteiger partial charge in [0.2, 0.25) is 0 Å². The molecule has 1 saturated heterocycles. The SMILES string of the molecule is CCCCNC(=O)N(O)C1N(/N=C/c2ccccc2O)C(=S)SC1(C)C. The highest BCUT2D eigenvalue weighted by Gasteiger charge is 2.49. The number of hydroxylamine groups is 2. The van der Waals surface area contributed by atoms with E-state index in [-0.39, 0.29) is 5.75 Å². The van der Waals surface area contributed by atoms with Gasteiger partial charge in [-0.15, -0.1) is 0 Å². The first-order chi connectivity index (χ1) is 12.3. The molecular formula is C17H24N4O3S2. The third kappa shape index (κ3) is 4.66. The third-order valence-electron chi connectivity index (χ3n) is 3.90. The number of rotatable bonds is 6. The second-order valence-corrected chi connectivity index (χ2v) is 8.71. The maximum absolute atomic E-state index is 12.3. The molecule has 0 radical (unpaired) electrons. The molecule has 1 fully saturated rings. The van der Waals surface area contributed by atoms with E-state index < -0.39 is 16.9 Å². The molecule has 1 aromatic rings. The number of hydrogen-bond acceptors (Lipinski definition) is 6. The minimum absolute atomic E-state index is 0.0861. The van der Waals surface area contributed by atoms with Gasteiger partial charge in [0.25, 0.3) is 0 Å². The van der Waals surface area contributed by atoms with Crippen LogP contribution in [0.1, 0.15) is 39.2 Å². The number of thiocarbonyl (C=S) groups is 1. The van der Waals surface area contributed by atoms with E-state index in [2.05, 4.69) is 10.4 Å². The van der Waals surface area contributed by atoms with Crippen LogP contribution in [-0.2, 0) is 0 Å². The molecule has 1 aliphatic rings. The number of hydrogen-bond donors (Lipinski definition) is 3. The number of nitrogens with zero attached hydrogens (tertiary/aromatic N) is 3. The fourth-order valence-electron chi connectivity index (χ4n) is 2.51. The molecule has 1 unspecified atom stereocenters. The van der Waals surface area contributed by atoms with Crippen molar-refractivity contribution in [2.45, 2.75) is 44.5 Å². The molecule has 0 aliphatic carbocycles. The Bertz CT molecular complexity index is 696. The standard InChI is InChI=1S/C17H24N4O3S2/c1-4-5-10-18-15(23)21(24)14-17(2,3)26-16(25)20(14)19-11-12-8-6-7-9-13(12)22/h6-9,11,14,22,24H,4-5,10H2,1-3H3,(H,18,23)/b19-11+. The van der Waals surface area contributed by atoms with Crippen molar-refractivity contribution in [3.05, 3.63) is 29.8 Å². The smallest absolute Gasteiger partial charge is 0.343 e. The highest BCUT2D eigenvalue weighted by Crippen LogP contribution is 2.42. The molecular weight excluding hydrogens is 372 g/mol. The van der Waals surface area contributed by atoms with Gasteiger partial charge in [0.05, 0.1) is 11.0 Å². The molecule has 1 aromatic carbocycles. The Morgan fingerprint density at radius 2 is 2.19 bits per heavy atom. The third-order valence-corrected chi connectivity index (χ3v) is 5.43. The van der Waals surface area contributed by atoms with Crippen LogP contribution in [0.25, 0.3) is 0 Å². The fraction of sp³-hybridized carbons (Fsp3) is 0.471. The number of para-hydroxylation sites is 1. The monoisotopic (exact) mass is 396 g/mol. The fourth-order valence-corrected chi connectivity index (χ4v) is 4.30.